The standard InChI is InChI=1S/C6H13NO.C4H10N2.C2H6O/c8-6-5-7-3-1-2-4-7;1-2-6-4-3-5-1;1-2-3/h8H,1-6H2;5-6H,1-4H2;3H,2H2,1H3. The van der Waals surface area contributed by atoms with Crippen LogP contribution in [-0.2, 0) is 0 Å². The van der Waals surface area contributed by atoms with Gasteiger partial charge < -0.3 is 25.7 Å². The number of rotatable bonds is 2. The summed E-state index contributed by atoms with van der Waals surface area (Å²) in [5.41, 5.74) is 0. The summed E-state index contributed by atoms with van der Waals surface area (Å²) in [6.07, 6.45) is 2.64. The summed E-state index contributed by atoms with van der Waals surface area (Å²) >= 11 is 0. The maximum Gasteiger partial charge on any atom is 0.0558 e. The molecule has 0 amide bonds. The molecule has 2 aliphatic heterocycles. The number of aliphatic hydroxyl groups is 2. The SMILES string of the molecule is C1CNCCN1.CCO.OCCN1CCCC1. The lowest BCUT2D eigenvalue weighted by molar-refractivity contribution is 0.221. The van der Waals surface area contributed by atoms with Crippen LogP contribution in [0.2, 0.25) is 0 Å². The number of hydrogen-bond donors (Lipinski definition) is 4. The first-order valence-corrected chi connectivity index (χ1v) is 6.70. The number of aliphatic hydroxyl groups excluding tert-OH is 2. The Balaban J connectivity index is 0.000000252. The average Bonchev–Trinajstić information content (AvgIpc) is 2.87. The minimum absolute atomic E-state index is 0.250. The summed E-state index contributed by atoms with van der Waals surface area (Å²) in [6, 6.07) is 0. The second kappa shape index (κ2) is 13.9. The molecule has 0 aromatic rings. The molecule has 0 unspecified atom stereocenters. The Morgan fingerprint density at radius 2 is 1.35 bits per heavy atom. The summed E-state index contributed by atoms with van der Waals surface area (Å²) in [5.74, 6) is 0. The van der Waals surface area contributed by atoms with Crippen LogP contribution < -0.4 is 10.6 Å². The number of nitrogens with zero attached hydrogens (tertiary/aromatic N) is 1. The first-order valence-electron chi connectivity index (χ1n) is 6.70. The van der Waals surface area contributed by atoms with Crippen LogP contribution in [-0.4, -0.2) is 74.1 Å². The van der Waals surface area contributed by atoms with E-state index in [1.807, 2.05) is 0 Å². The van der Waals surface area contributed by atoms with Crippen molar-refractivity contribution in [3.8, 4) is 0 Å². The first kappa shape index (κ1) is 16.8. The minimum atomic E-state index is 0.250. The van der Waals surface area contributed by atoms with Crippen LogP contribution in [0.25, 0.3) is 0 Å². The number of β-amino-alcohol motifs (C(OH)–C–C–N with tert-alkyl or cyclic N) is 1. The van der Waals surface area contributed by atoms with Crippen molar-refractivity contribution in [1.82, 2.24) is 15.5 Å². The van der Waals surface area contributed by atoms with Gasteiger partial charge in [0.05, 0.1) is 6.61 Å². The highest BCUT2D eigenvalue weighted by molar-refractivity contribution is 4.64. The molecule has 0 aromatic heterocycles. The maximum absolute atomic E-state index is 8.48. The lowest BCUT2D eigenvalue weighted by Gasteiger charge is -2.11. The molecule has 0 saturated carbocycles. The van der Waals surface area contributed by atoms with Crippen LogP contribution in [0.4, 0.5) is 0 Å². The molecule has 5 heteroatoms. The zero-order chi connectivity index (χ0) is 12.8. The zero-order valence-electron chi connectivity index (χ0n) is 11.1. The molecule has 0 atom stereocenters. The van der Waals surface area contributed by atoms with Crippen LogP contribution in [0.3, 0.4) is 0 Å². The van der Waals surface area contributed by atoms with Gasteiger partial charge in [-0.05, 0) is 32.9 Å². The molecule has 0 spiro atoms. The zero-order valence-corrected chi connectivity index (χ0v) is 11.1. The van der Waals surface area contributed by atoms with Crippen molar-refractivity contribution in [3.05, 3.63) is 0 Å². The van der Waals surface area contributed by atoms with E-state index in [-0.39, 0.29) is 6.61 Å². The smallest absolute Gasteiger partial charge is 0.0558 e. The monoisotopic (exact) mass is 247 g/mol. The lowest BCUT2D eigenvalue weighted by atomic mass is 10.4. The quantitative estimate of drug-likeness (QED) is 0.517. The second-order valence-corrected chi connectivity index (χ2v) is 4.09. The molecule has 2 rings (SSSR count). The average molecular weight is 247 g/mol. The van der Waals surface area contributed by atoms with Crippen molar-refractivity contribution in [2.24, 2.45) is 0 Å². The third-order valence-electron chi connectivity index (χ3n) is 2.57. The summed E-state index contributed by atoms with van der Waals surface area (Å²) in [5, 5.41) is 22.5. The van der Waals surface area contributed by atoms with Crippen LogP contribution in [0.15, 0.2) is 0 Å². The summed E-state index contributed by atoms with van der Waals surface area (Å²) in [7, 11) is 0. The molecule has 2 saturated heterocycles. The van der Waals surface area contributed by atoms with Crippen molar-refractivity contribution in [3.63, 3.8) is 0 Å². The van der Waals surface area contributed by atoms with Crippen molar-refractivity contribution in [2.45, 2.75) is 19.8 Å². The van der Waals surface area contributed by atoms with Gasteiger partial charge in [-0.15, -0.1) is 0 Å². The Bertz CT molecular complexity index is 126. The van der Waals surface area contributed by atoms with Gasteiger partial charge in [-0.2, -0.15) is 0 Å². The minimum Gasteiger partial charge on any atom is -0.397 e. The number of nitrogens with one attached hydrogen (secondary N) is 2. The van der Waals surface area contributed by atoms with Crippen LogP contribution >= 0.6 is 0 Å². The Morgan fingerprint density at radius 3 is 1.65 bits per heavy atom. The van der Waals surface area contributed by atoms with Gasteiger partial charge in [0.15, 0.2) is 0 Å². The molecule has 5 nitrogen and oxygen atoms in total. The Hall–Kier alpha value is -0.200. The molecular weight excluding hydrogens is 218 g/mol. The third-order valence-corrected chi connectivity index (χ3v) is 2.57. The van der Waals surface area contributed by atoms with Gasteiger partial charge in [0, 0.05) is 39.3 Å². The van der Waals surface area contributed by atoms with E-state index in [9.17, 15) is 0 Å². The number of likely N-dealkylation sites (tertiary alicyclic amines) is 1. The number of hydrogen-bond acceptors (Lipinski definition) is 5. The van der Waals surface area contributed by atoms with E-state index < -0.39 is 0 Å². The lowest BCUT2D eigenvalue weighted by Crippen LogP contribution is -2.39. The van der Waals surface area contributed by atoms with Gasteiger partial charge >= 0.3 is 0 Å². The van der Waals surface area contributed by atoms with Crippen molar-refractivity contribution in [1.29, 1.82) is 0 Å². The summed E-state index contributed by atoms with van der Waals surface area (Å²) in [4.78, 5) is 2.29. The summed E-state index contributed by atoms with van der Waals surface area (Å²) in [6.45, 7) is 10.1. The molecule has 2 aliphatic rings. The van der Waals surface area contributed by atoms with Crippen molar-refractivity contribution >= 4 is 0 Å². The van der Waals surface area contributed by atoms with Crippen LogP contribution in [0.5, 0.6) is 0 Å². The Morgan fingerprint density at radius 1 is 0.941 bits per heavy atom. The molecule has 2 fully saturated rings. The van der Waals surface area contributed by atoms with E-state index in [1.165, 1.54) is 25.9 Å². The van der Waals surface area contributed by atoms with Gasteiger partial charge in [0.2, 0.25) is 0 Å². The normalized spacial score (nSPS) is 19.9. The van der Waals surface area contributed by atoms with E-state index in [2.05, 4.69) is 15.5 Å². The fourth-order valence-corrected chi connectivity index (χ4v) is 1.75. The third kappa shape index (κ3) is 12.1. The van der Waals surface area contributed by atoms with Gasteiger partial charge in [0.25, 0.3) is 0 Å². The molecule has 0 aromatic carbocycles. The predicted octanol–water partition coefficient (Wildman–Crippen LogP) is -0.748. The van der Waals surface area contributed by atoms with Gasteiger partial charge in [-0.25, -0.2) is 0 Å². The molecule has 2 heterocycles. The molecule has 4 N–H and O–H groups in total. The molecule has 0 radical (unpaired) electrons. The Labute approximate surface area is 105 Å². The van der Waals surface area contributed by atoms with Gasteiger partial charge in [0.1, 0.15) is 0 Å². The first-order chi connectivity index (χ1) is 8.35. The van der Waals surface area contributed by atoms with E-state index in [4.69, 9.17) is 10.2 Å². The number of piperazine rings is 1. The van der Waals surface area contributed by atoms with Crippen LogP contribution in [0, 0.1) is 0 Å². The highest BCUT2D eigenvalue weighted by Crippen LogP contribution is 2.05. The largest absolute Gasteiger partial charge is 0.397 e. The molecule has 0 aliphatic carbocycles. The molecule has 0 bridgehead atoms. The maximum atomic E-state index is 8.48. The molecule has 104 valence electrons. The second-order valence-electron chi connectivity index (χ2n) is 4.09. The van der Waals surface area contributed by atoms with E-state index in [0.29, 0.717) is 6.61 Å². The Kier molecular flexibility index (Phi) is 13.7. The van der Waals surface area contributed by atoms with Gasteiger partial charge in [-0.1, -0.05) is 0 Å². The highest BCUT2D eigenvalue weighted by atomic mass is 16.3. The molecule has 17 heavy (non-hydrogen) atoms. The van der Waals surface area contributed by atoms with Gasteiger partial charge in [-0.3, -0.25) is 0 Å². The fraction of sp³-hybridized carbons (Fsp3) is 1.00. The van der Waals surface area contributed by atoms with Crippen molar-refractivity contribution in [2.75, 3.05) is 59.0 Å². The topological polar surface area (TPSA) is 67.8 Å². The fourth-order valence-electron chi connectivity index (χ4n) is 1.75. The van der Waals surface area contributed by atoms with E-state index in [0.717, 1.165) is 32.7 Å². The van der Waals surface area contributed by atoms with E-state index in [1.54, 1.807) is 6.92 Å². The highest BCUT2D eigenvalue weighted by Gasteiger charge is 2.08. The summed E-state index contributed by atoms with van der Waals surface area (Å²) < 4.78 is 0. The van der Waals surface area contributed by atoms with E-state index >= 15 is 0 Å². The molecular formula is C12H29N3O2. The van der Waals surface area contributed by atoms with Crippen LogP contribution in [0.1, 0.15) is 19.8 Å². The van der Waals surface area contributed by atoms with Crippen molar-refractivity contribution < 1.29 is 10.2 Å². The predicted molar refractivity (Wildman–Crippen MR) is 71.3 cm³/mol.